The first-order chi connectivity index (χ1) is 6.79. The molecule has 7 heteroatoms. The molecule has 0 saturated heterocycles. The summed E-state index contributed by atoms with van der Waals surface area (Å²) in [6.45, 7) is 0. The van der Waals surface area contributed by atoms with Gasteiger partial charge in [0.15, 0.2) is 17.9 Å². The van der Waals surface area contributed by atoms with Crippen molar-refractivity contribution < 1.29 is 26.7 Å². The van der Waals surface area contributed by atoms with E-state index in [0.717, 1.165) is 0 Å². The largest absolute Gasteiger partial charge is 0.419 e. The molecule has 15 heavy (non-hydrogen) atoms. The maximum absolute atomic E-state index is 12.9. The molecule has 1 rings (SSSR count). The van der Waals surface area contributed by atoms with Crippen molar-refractivity contribution in [1.82, 2.24) is 0 Å². The molecule has 0 aliphatic carbocycles. The fourth-order valence-corrected chi connectivity index (χ4v) is 1.16. The maximum Gasteiger partial charge on any atom is 0.419 e. The number of rotatable bonds is 1. The molecule has 0 aliphatic heterocycles. The number of aldehydes is 1. The molecule has 0 amide bonds. The number of halogens is 6. The van der Waals surface area contributed by atoms with E-state index in [1.807, 2.05) is 0 Å². The molecule has 1 nitrogen and oxygen atoms in total. The predicted molar refractivity (Wildman–Crippen MR) is 41.8 cm³/mol. The van der Waals surface area contributed by atoms with Crippen LogP contribution in [0.2, 0.25) is 5.02 Å². The van der Waals surface area contributed by atoms with Crippen LogP contribution in [0.15, 0.2) is 6.07 Å². The second-order valence-electron chi connectivity index (χ2n) is 2.56. The van der Waals surface area contributed by atoms with Gasteiger partial charge in [-0.3, -0.25) is 4.79 Å². The van der Waals surface area contributed by atoms with Crippen LogP contribution in [0.5, 0.6) is 0 Å². The third-order valence-corrected chi connectivity index (χ3v) is 1.93. The first kappa shape index (κ1) is 11.9. The second-order valence-corrected chi connectivity index (χ2v) is 2.97. The molecule has 82 valence electrons. The Hall–Kier alpha value is -1.17. The third kappa shape index (κ3) is 2.09. The van der Waals surface area contributed by atoms with Gasteiger partial charge in [-0.1, -0.05) is 11.6 Å². The summed E-state index contributed by atoms with van der Waals surface area (Å²) in [6, 6.07) is 0.170. The van der Waals surface area contributed by atoms with Crippen molar-refractivity contribution in [3.63, 3.8) is 0 Å². The smallest absolute Gasteiger partial charge is 0.298 e. The minimum absolute atomic E-state index is 0.152. The lowest BCUT2D eigenvalue weighted by Crippen LogP contribution is -2.11. The number of carbonyl (C=O) groups excluding carboxylic acids is 1. The van der Waals surface area contributed by atoms with Crippen LogP contribution in [0.25, 0.3) is 0 Å². The number of benzene rings is 1. The summed E-state index contributed by atoms with van der Waals surface area (Å²) in [5.41, 5.74) is -2.77. The lowest BCUT2D eigenvalue weighted by atomic mass is 10.1. The highest BCUT2D eigenvalue weighted by atomic mass is 35.5. The Morgan fingerprint density at radius 1 is 1.20 bits per heavy atom. The van der Waals surface area contributed by atoms with Crippen molar-refractivity contribution in [2.75, 3.05) is 0 Å². The van der Waals surface area contributed by atoms with Gasteiger partial charge in [-0.15, -0.1) is 0 Å². The average Bonchev–Trinajstić information content (AvgIpc) is 2.10. The van der Waals surface area contributed by atoms with Crippen LogP contribution in [0, 0.1) is 11.6 Å². The summed E-state index contributed by atoms with van der Waals surface area (Å²) < 4.78 is 61.9. The molecular weight excluding hydrogens is 243 g/mol. The zero-order chi connectivity index (χ0) is 11.8. The molecule has 0 spiro atoms. The molecule has 0 saturated carbocycles. The van der Waals surface area contributed by atoms with Crippen molar-refractivity contribution >= 4 is 17.9 Å². The highest BCUT2D eigenvalue weighted by Crippen LogP contribution is 2.35. The molecule has 0 heterocycles. The van der Waals surface area contributed by atoms with E-state index < -0.39 is 34.0 Å². The van der Waals surface area contributed by atoms with E-state index in [1.54, 1.807) is 0 Å². The Labute approximate surface area is 85.5 Å². The molecular formula is C8H2ClF5O. The molecule has 1 aromatic rings. The van der Waals surface area contributed by atoms with Crippen molar-refractivity contribution in [2.45, 2.75) is 6.18 Å². The van der Waals surface area contributed by atoms with Crippen LogP contribution >= 0.6 is 11.6 Å². The fourth-order valence-electron chi connectivity index (χ4n) is 0.923. The topological polar surface area (TPSA) is 17.1 Å². The molecule has 0 aromatic heterocycles. The molecule has 0 radical (unpaired) electrons. The van der Waals surface area contributed by atoms with Gasteiger partial charge in [-0.2, -0.15) is 13.2 Å². The van der Waals surface area contributed by atoms with E-state index in [9.17, 15) is 26.7 Å². The van der Waals surface area contributed by atoms with Crippen LogP contribution in [0.3, 0.4) is 0 Å². The first-order valence-corrected chi connectivity index (χ1v) is 3.86. The number of carbonyl (C=O) groups is 1. The van der Waals surface area contributed by atoms with E-state index in [-0.39, 0.29) is 12.4 Å². The molecule has 0 atom stereocenters. The van der Waals surface area contributed by atoms with E-state index in [4.69, 9.17) is 11.6 Å². The first-order valence-electron chi connectivity index (χ1n) is 3.49. The van der Waals surface area contributed by atoms with Gasteiger partial charge in [0.25, 0.3) is 0 Å². The standard InChI is InChI=1S/C8H2ClF5O/c9-5-1-4(8(12,13)14)7(11)6(10)3(5)2-15/h1-2H. The van der Waals surface area contributed by atoms with E-state index in [0.29, 0.717) is 0 Å². The number of hydrogen-bond donors (Lipinski definition) is 0. The Kier molecular flexibility index (Phi) is 2.99. The summed E-state index contributed by atoms with van der Waals surface area (Å²) >= 11 is 5.17. The van der Waals surface area contributed by atoms with Gasteiger partial charge in [0.2, 0.25) is 0 Å². The second kappa shape index (κ2) is 3.77. The van der Waals surface area contributed by atoms with Crippen molar-refractivity contribution in [3.8, 4) is 0 Å². The van der Waals surface area contributed by atoms with Crippen LogP contribution in [-0.2, 0) is 6.18 Å². The van der Waals surface area contributed by atoms with Gasteiger partial charge in [-0.05, 0) is 6.07 Å². The lowest BCUT2D eigenvalue weighted by Gasteiger charge is -2.10. The number of alkyl halides is 3. The van der Waals surface area contributed by atoms with Crippen molar-refractivity contribution in [1.29, 1.82) is 0 Å². The average molecular weight is 245 g/mol. The monoisotopic (exact) mass is 244 g/mol. The summed E-state index contributed by atoms with van der Waals surface area (Å²) in [6.07, 6.45) is -5.21. The van der Waals surface area contributed by atoms with E-state index >= 15 is 0 Å². The summed E-state index contributed by atoms with van der Waals surface area (Å²) in [4.78, 5) is 10.2. The highest BCUT2D eigenvalue weighted by molar-refractivity contribution is 6.33. The molecule has 1 aromatic carbocycles. The Morgan fingerprint density at radius 2 is 1.73 bits per heavy atom. The van der Waals surface area contributed by atoms with Gasteiger partial charge in [0.1, 0.15) is 0 Å². The van der Waals surface area contributed by atoms with Gasteiger partial charge in [-0.25, -0.2) is 8.78 Å². The summed E-state index contributed by atoms with van der Waals surface area (Å²) in [5.74, 6) is -4.03. The quantitative estimate of drug-likeness (QED) is 0.420. The summed E-state index contributed by atoms with van der Waals surface area (Å²) in [7, 11) is 0. The Morgan fingerprint density at radius 3 is 2.13 bits per heavy atom. The molecule has 0 unspecified atom stereocenters. The van der Waals surface area contributed by atoms with Crippen LogP contribution in [0.4, 0.5) is 22.0 Å². The number of hydrogen-bond acceptors (Lipinski definition) is 1. The SMILES string of the molecule is O=Cc1c(Cl)cc(C(F)(F)F)c(F)c1F. The van der Waals surface area contributed by atoms with Gasteiger partial charge >= 0.3 is 6.18 Å². The van der Waals surface area contributed by atoms with E-state index in [1.165, 1.54) is 0 Å². The van der Waals surface area contributed by atoms with Crippen LogP contribution in [0.1, 0.15) is 15.9 Å². The predicted octanol–water partition coefficient (Wildman–Crippen LogP) is 3.45. The zero-order valence-electron chi connectivity index (χ0n) is 6.83. The van der Waals surface area contributed by atoms with Crippen molar-refractivity contribution in [3.05, 3.63) is 33.9 Å². The van der Waals surface area contributed by atoms with E-state index in [2.05, 4.69) is 0 Å². The van der Waals surface area contributed by atoms with Crippen LogP contribution in [-0.4, -0.2) is 6.29 Å². The van der Waals surface area contributed by atoms with Gasteiger partial charge in [0, 0.05) is 0 Å². The minimum Gasteiger partial charge on any atom is -0.298 e. The molecule has 0 fully saturated rings. The van der Waals surface area contributed by atoms with Crippen LogP contribution < -0.4 is 0 Å². The fraction of sp³-hybridized carbons (Fsp3) is 0.125. The van der Waals surface area contributed by atoms with Crippen molar-refractivity contribution in [2.24, 2.45) is 0 Å². The van der Waals surface area contributed by atoms with Gasteiger partial charge in [0.05, 0.1) is 16.1 Å². The lowest BCUT2D eigenvalue weighted by molar-refractivity contribution is -0.140. The molecule has 0 bridgehead atoms. The highest BCUT2D eigenvalue weighted by Gasteiger charge is 2.37. The Bertz CT molecular complexity index is 412. The normalized spacial score (nSPS) is 11.6. The molecule has 0 N–H and O–H groups in total. The zero-order valence-corrected chi connectivity index (χ0v) is 7.59. The molecule has 0 aliphatic rings. The maximum atomic E-state index is 12.9. The Balaban J connectivity index is 3.55. The minimum atomic E-state index is -5.06. The summed E-state index contributed by atoms with van der Waals surface area (Å²) in [5, 5.41) is -0.781. The third-order valence-electron chi connectivity index (χ3n) is 1.62. The van der Waals surface area contributed by atoms with Gasteiger partial charge < -0.3 is 0 Å².